The molecule has 0 spiro atoms. The van der Waals surface area contributed by atoms with Crippen LogP contribution in [0.1, 0.15) is 49.2 Å². The van der Waals surface area contributed by atoms with Gasteiger partial charge in [0, 0.05) is 12.2 Å². The van der Waals surface area contributed by atoms with Gasteiger partial charge < -0.3 is 14.6 Å². The maximum atomic E-state index is 12.5. The number of thioether (sulfide) groups is 1. The van der Waals surface area contributed by atoms with Crippen molar-refractivity contribution in [3.8, 4) is 5.75 Å². The fraction of sp³-hybridized carbons (Fsp3) is 0.375. The maximum absolute atomic E-state index is 12.5. The molecule has 164 valence electrons. The van der Waals surface area contributed by atoms with Crippen molar-refractivity contribution in [2.75, 3.05) is 11.1 Å². The summed E-state index contributed by atoms with van der Waals surface area (Å²) in [6.07, 6.45) is 0. The molecule has 0 fully saturated rings. The number of para-hydroxylation sites is 1. The van der Waals surface area contributed by atoms with Crippen LogP contribution in [-0.2, 0) is 17.9 Å². The lowest BCUT2D eigenvalue weighted by atomic mass is 10.0. The minimum atomic E-state index is -0.0592. The molecule has 3 rings (SSSR count). The number of rotatable bonds is 9. The van der Waals surface area contributed by atoms with Crippen molar-refractivity contribution >= 4 is 23.4 Å². The Balaban J connectivity index is 1.58. The van der Waals surface area contributed by atoms with Gasteiger partial charge in [-0.05, 0) is 55.5 Å². The number of amides is 1. The Labute approximate surface area is 188 Å². The van der Waals surface area contributed by atoms with Gasteiger partial charge in [0.15, 0.2) is 11.0 Å². The molecule has 0 aliphatic heterocycles. The lowest BCUT2D eigenvalue weighted by Gasteiger charge is -2.12. The number of aromatic nitrogens is 3. The third kappa shape index (κ3) is 5.88. The minimum Gasteiger partial charge on any atom is -0.486 e. The molecule has 1 aromatic heterocycles. The van der Waals surface area contributed by atoms with E-state index in [9.17, 15) is 4.79 Å². The molecule has 1 amide bonds. The molecule has 1 N–H and O–H groups in total. The maximum Gasteiger partial charge on any atom is 0.234 e. The summed E-state index contributed by atoms with van der Waals surface area (Å²) in [5, 5.41) is 12.3. The number of benzene rings is 2. The molecule has 2 aromatic carbocycles. The number of hydrogen-bond acceptors (Lipinski definition) is 5. The summed E-state index contributed by atoms with van der Waals surface area (Å²) in [5.41, 5.74) is 4.26. The first-order chi connectivity index (χ1) is 14.9. The molecule has 6 nitrogen and oxygen atoms in total. The summed E-state index contributed by atoms with van der Waals surface area (Å²) < 4.78 is 7.89. The van der Waals surface area contributed by atoms with E-state index in [2.05, 4.69) is 41.5 Å². The molecule has 0 saturated carbocycles. The van der Waals surface area contributed by atoms with Gasteiger partial charge >= 0.3 is 0 Å². The molecular formula is C24H30N4O2S. The van der Waals surface area contributed by atoms with Crippen LogP contribution >= 0.6 is 11.8 Å². The van der Waals surface area contributed by atoms with Crippen molar-refractivity contribution in [1.29, 1.82) is 0 Å². The number of ether oxygens (including phenoxy) is 1. The SMILES string of the molecule is CCn1c(COc2ccc(C(C)C)cc2)nnc1SCC(=O)Nc1c(C)cccc1C. The highest BCUT2D eigenvalue weighted by atomic mass is 32.2. The van der Waals surface area contributed by atoms with Crippen molar-refractivity contribution < 1.29 is 9.53 Å². The van der Waals surface area contributed by atoms with Crippen LogP contribution < -0.4 is 10.1 Å². The van der Waals surface area contributed by atoms with E-state index in [0.717, 1.165) is 28.4 Å². The zero-order chi connectivity index (χ0) is 22.4. The third-order valence-electron chi connectivity index (χ3n) is 5.10. The first kappa shape index (κ1) is 22.9. The zero-order valence-corrected chi connectivity index (χ0v) is 19.6. The molecular weight excluding hydrogens is 408 g/mol. The Morgan fingerprint density at radius 2 is 1.77 bits per heavy atom. The third-order valence-corrected chi connectivity index (χ3v) is 6.07. The number of aryl methyl sites for hydroxylation is 2. The van der Waals surface area contributed by atoms with Gasteiger partial charge in [0.2, 0.25) is 5.91 Å². The van der Waals surface area contributed by atoms with Crippen molar-refractivity contribution in [3.63, 3.8) is 0 Å². The lowest BCUT2D eigenvalue weighted by molar-refractivity contribution is -0.113. The molecule has 0 aliphatic rings. The van der Waals surface area contributed by atoms with Gasteiger partial charge in [-0.2, -0.15) is 0 Å². The Morgan fingerprint density at radius 1 is 1.10 bits per heavy atom. The number of anilines is 1. The van der Waals surface area contributed by atoms with E-state index in [4.69, 9.17) is 4.74 Å². The summed E-state index contributed by atoms with van der Waals surface area (Å²) in [5.74, 6) is 2.24. The van der Waals surface area contributed by atoms with E-state index in [0.29, 0.717) is 24.2 Å². The number of carbonyl (C=O) groups excluding carboxylic acids is 1. The van der Waals surface area contributed by atoms with E-state index < -0.39 is 0 Å². The molecule has 0 aliphatic carbocycles. The fourth-order valence-corrected chi connectivity index (χ4v) is 4.09. The average molecular weight is 439 g/mol. The number of nitrogens with zero attached hydrogens (tertiary/aromatic N) is 3. The number of nitrogens with one attached hydrogen (secondary N) is 1. The van der Waals surface area contributed by atoms with E-state index in [1.54, 1.807) is 0 Å². The standard InChI is InChI=1S/C24H30N4O2S/c1-6-28-21(14-30-20-12-10-19(11-13-20)16(2)3)26-27-24(28)31-15-22(29)25-23-17(4)8-7-9-18(23)5/h7-13,16H,6,14-15H2,1-5H3,(H,25,29). The Bertz CT molecular complexity index is 1010. The lowest BCUT2D eigenvalue weighted by Crippen LogP contribution is -2.16. The van der Waals surface area contributed by atoms with E-state index >= 15 is 0 Å². The fourth-order valence-electron chi connectivity index (χ4n) is 3.26. The first-order valence-corrected chi connectivity index (χ1v) is 11.5. The van der Waals surface area contributed by atoms with Crippen LogP contribution in [0.5, 0.6) is 5.75 Å². The summed E-state index contributed by atoms with van der Waals surface area (Å²) >= 11 is 1.38. The smallest absolute Gasteiger partial charge is 0.234 e. The second-order valence-corrected chi connectivity index (χ2v) is 8.70. The molecule has 0 unspecified atom stereocenters. The van der Waals surface area contributed by atoms with Gasteiger partial charge in [0.05, 0.1) is 5.75 Å². The zero-order valence-electron chi connectivity index (χ0n) is 18.8. The molecule has 31 heavy (non-hydrogen) atoms. The number of hydrogen-bond donors (Lipinski definition) is 1. The first-order valence-electron chi connectivity index (χ1n) is 10.5. The summed E-state index contributed by atoms with van der Waals surface area (Å²) in [7, 11) is 0. The van der Waals surface area contributed by atoms with Gasteiger partial charge in [-0.25, -0.2) is 0 Å². The minimum absolute atomic E-state index is 0.0592. The molecule has 7 heteroatoms. The van der Waals surface area contributed by atoms with Crippen molar-refractivity contribution in [2.24, 2.45) is 0 Å². The van der Waals surface area contributed by atoms with Crippen molar-refractivity contribution in [3.05, 3.63) is 65.0 Å². The normalized spacial score (nSPS) is 11.0. The molecule has 0 radical (unpaired) electrons. The van der Waals surface area contributed by atoms with E-state index in [1.807, 2.05) is 55.7 Å². The van der Waals surface area contributed by atoms with E-state index in [1.165, 1.54) is 17.3 Å². The van der Waals surface area contributed by atoms with Crippen LogP contribution in [0.2, 0.25) is 0 Å². The van der Waals surface area contributed by atoms with Crippen LogP contribution in [0.15, 0.2) is 47.6 Å². The largest absolute Gasteiger partial charge is 0.486 e. The van der Waals surface area contributed by atoms with Gasteiger partial charge in [0.1, 0.15) is 12.4 Å². The van der Waals surface area contributed by atoms with E-state index in [-0.39, 0.29) is 11.7 Å². The second kappa shape index (κ2) is 10.5. The van der Waals surface area contributed by atoms with Crippen molar-refractivity contribution in [2.45, 2.75) is 58.8 Å². The Kier molecular flexibility index (Phi) is 7.74. The van der Waals surface area contributed by atoms with Crippen LogP contribution in [0.25, 0.3) is 0 Å². The highest BCUT2D eigenvalue weighted by Crippen LogP contribution is 2.23. The number of carbonyl (C=O) groups is 1. The topological polar surface area (TPSA) is 69.0 Å². The van der Waals surface area contributed by atoms with Gasteiger partial charge in [-0.15, -0.1) is 10.2 Å². The molecule has 0 bridgehead atoms. The van der Waals surface area contributed by atoms with Crippen molar-refractivity contribution in [1.82, 2.24) is 14.8 Å². The average Bonchev–Trinajstić information content (AvgIpc) is 3.15. The predicted octanol–water partition coefficient (Wildman–Crippen LogP) is 5.35. The molecule has 3 aromatic rings. The Hall–Kier alpha value is -2.80. The second-order valence-electron chi connectivity index (χ2n) is 7.76. The summed E-state index contributed by atoms with van der Waals surface area (Å²) in [6.45, 7) is 11.4. The Morgan fingerprint density at radius 3 is 2.39 bits per heavy atom. The highest BCUT2D eigenvalue weighted by molar-refractivity contribution is 7.99. The van der Waals surface area contributed by atoms with Gasteiger partial charge in [-0.1, -0.05) is 55.9 Å². The quantitative estimate of drug-likeness (QED) is 0.456. The molecule has 0 atom stereocenters. The van der Waals surface area contributed by atoms with Crippen LogP contribution in [0, 0.1) is 13.8 Å². The van der Waals surface area contributed by atoms with Gasteiger partial charge in [0.25, 0.3) is 0 Å². The van der Waals surface area contributed by atoms with Gasteiger partial charge in [-0.3, -0.25) is 4.79 Å². The van der Waals surface area contributed by atoms with Crippen LogP contribution in [0.3, 0.4) is 0 Å². The van der Waals surface area contributed by atoms with Crippen LogP contribution in [0.4, 0.5) is 5.69 Å². The monoisotopic (exact) mass is 438 g/mol. The molecule has 1 heterocycles. The van der Waals surface area contributed by atoms with Crippen LogP contribution in [-0.4, -0.2) is 26.4 Å². The summed E-state index contributed by atoms with van der Waals surface area (Å²) in [6, 6.07) is 14.1. The predicted molar refractivity (Wildman–Crippen MR) is 126 cm³/mol. The summed E-state index contributed by atoms with van der Waals surface area (Å²) in [4.78, 5) is 12.5. The molecule has 0 saturated heterocycles. The highest BCUT2D eigenvalue weighted by Gasteiger charge is 2.15.